The Morgan fingerprint density at radius 2 is 1.90 bits per heavy atom. The summed E-state index contributed by atoms with van der Waals surface area (Å²) >= 11 is 0. The Labute approximate surface area is 175 Å². The van der Waals surface area contributed by atoms with Gasteiger partial charge in [-0.1, -0.05) is 0 Å². The average molecular weight is 404 g/mol. The van der Waals surface area contributed by atoms with Crippen molar-refractivity contribution in [1.82, 2.24) is 9.55 Å². The van der Waals surface area contributed by atoms with Gasteiger partial charge in [0.2, 0.25) is 5.91 Å². The number of hydrogen-bond donors (Lipinski definition) is 2. The Bertz CT molecular complexity index is 1100. The van der Waals surface area contributed by atoms with Crippen molar-refractivity contribution in [3.63, 3.8) is 0 Å². The van der Waals surface area contributed by atoms with Gasteiger partial charge in [0.25, 0.3) is 0 Å². The van der Waals surface area contributed by atoms with E-state index in [-0.39, 0.29) is 23.6 Å². The second-order valence-electron chi connectivity index (χ2n) is 7.72. The molecule has 0 saturated carbocycles. The molecule has 2 heterocycles. The number of anilines is 2. The van der Waals surface area contributed by atoms with Gasteiger partial charge in [-0.25, -0.2) is 9.78 Å². The third-order valence-corrected chi connectivity index (χ3v) is 5.49. The molecule has 4 rings (SSSR count). The molecule has 0 spiro atoms. The minimum atomic E-state index is -0.949. The van der Waals surface area contributed by atoms with E-state index in [0.717, 1.165) is 34.7 Å². The van der Waals surface area contributed by atoms with Crippen LogP contribution in [0.5, 0.6) is 0 Å². The number of hydrogen-bond acceptors (Lipinski definition) is 4. The minimum absolute atomic E-state index is 0.0132. The van der Waals surface area contributed by atoms with E-state index in [4.69, 9.17) is 5.11 Å². The maximum atomic E-state index is 12.3. The molecule has 0 aliphatic carbocycles. The van der Waals surface area contributed by atoms with Gasteiger partial charge in [0, 0.05) is 41.8 Å². The number of carboxylic acids is 1. The second kappa shape index (κ2) is 7.67. The largest absolute Gasteiger partial charge is 0.478 e. The van der Waals surface area contributed by atoms with Gasteiger partial charge in [-0.3, -0.25) is 4.79 Å². The summed E-state index contributed by atoms with van der Waals surface area (Å²) in [6, 6.07) is 12.8. The first-order chi connectivity index (χ1) is 14.3. The van der Waals surface area contributed by atoms with Crippen LogP contribution in [0.2, 0.25) is 0 Å². The summed E-state index contributed by atoms with van der Waals surface area (Å²) in [5.74, 6) is -0.935. The van der Waals surface area contributed by atoms with Crippen molar-refractivity contribution in [2.24, 2.45) is 0 Å². The van der Waals surface area contributed by atoms with Crippen molar-refractivity contribution >= 4 is 23.3 Å². The molecule has 0 bridgehead atoms. The highest BCUT2D eigenvalue weighted by atomic mass is 16.4. The molecule has 1 aliphatic heterocycles. The highest BCUT2D eigenvalue weighted by Gasteiger charge is 2.32. The molecule has 0 fully saturated rings. The fourth-order valence-corrected chi connectivity index (χ4v) is 4.10. The first kappa shape index (κ1) is 19.7. The van der Waals surface area contributed by atoms with E-state index in [0.29, 0.717) is 0 Å². The lowest BCUT2D eigenvalue weighted by Gasteiger charge is -2.39. The first-order valence-electron chi connectivity index (χ1n) is 9.88. The molecule has 2 N–H and O–H groups in total. The lowest BCUT2D eigenvalue weighted by atomic mass is 9.90. The number of imidazole rings is 1. The molecule has 0 unspecified atom stereocenters. The molecule has 7 heteroatoms. The molecule has 0 radical (unpaired) electrons. The van der Waals surface area contributed by atoms with Crippen molar-refractivity contribution in [2.75, 3.05) is 10.2 Å². The molecule has 3 aromatic rings. The molecule has 0 saturated heterocycles. The van der Waals surface area contributed by atoms with Gasteiger partial charge in [-0.05, 0) is 62.7 Å². The fourth-order valence-electron chi connectivity index (χ4n) is 4.10. The summed E-state index contributed by atoms with van der Waals surface area (Å²) in [4.78, 5) is 29.6. The monoisotopic (exact) mass is 404 g/mol. The Hall–Kier alpha value is -3.61. The summed E-state index contributed by atoms with van der Waals surface area (Å²) in [6.45, 7) is 5.57. The third-order valence-electron chi connectivity index (χ3n) is 5.49. The standard InChI is InChI=1S/C23H24N4O3/c1-14-12-26(13-24-14)19-8-9-22-20(11-19)21(10-15(2)27(22)16(3)28)25-18-6-4-17(5-7-18)23(29)30/h4-9,11-13,15,21,25H,10H2,1-3H3,(H,29,30)/t15-,21+/m0/s1. The zero-order chi connectivity index (χ0) is 21.4. The molecular weight excluding hydrogens is 380 g/mol. The predicted molar refractivity (Wildman–Crippen MR) is 115 cm³/mol. The lowest BCUT2D eigenvalue weighted by Crippen LogP contribution is -2.43. The van der Waals surface area contributed by atoms with E-state index in [9.17, 15) is 9.59 Å². The number of carbonyl (C=O) groups is 2. The molecule has 30 heavy (non-hydrogen) atoms. The topological polar surface area (TPSA) is 87.5 Å². The lowest BCUT2D eigenvalue weighted by molar-refractivity contribution is -0.117. The summed E-state index contributed by atoms with van der Waals surface area (Å²) in [6.07, 6.45) is 4.47. The minimum Gasteiger partial charge on any atom is -0.478 e. The van der Waals surface area contributed by atoms with Crippen LogP contribution < -0.4 is 10.2 Å². The van der Waals surface area contributed by atoms with Crippen LogP contribution in [0.4, 0.5) is 11.4 Å². The second-order valence-corrected chi connectivity index (χ2v) is 7.72. The number of rotatable bonds is 4. The Morgan fingerprint density at radius 3 is 2.50 bits per heavy atom. The van der Waals surface area contributed by atoms with Gasteiger partial charge < -0.3 is 19.9 Å². The predicted octanol–water partition coefficient (Wildman–Crippen LogP) is 4.18. The fraction of sp³-hybridized carbons (Fsp3) is 0.261. The summed E-state index contributed by atoms with van der Waals surface area (Å²) in [7, 11) is 0. The third kappa shape index (κ3) is 3.66. The normalized spacial score (nSPS) is 18.0. The molecule has 1 aromatic heterocycles. The number of aromatic carboxylic acids is 1. The molecule has 1 aliphatic rings. The van der Waals surface area contributed by atoms with Gasteiger partial charge in [-0.15, -0.1) is 0 Å². The van der Waals surface area contributed by atoms with Gasteiger partial charge >= 0.3 is 5.97 Å². The van der Waals surface area contributed by atoms with Crippen LogP contribution in [0.15, 0.2) is 55.0 Å². The number of aryl methyl sites for hydroxylation is 1. The first-order valence-corrected chi connectivity index (χ1v) is 9.88. The number of carboxylic acid groups (broad SMARTS) is 1. The summed E-state index contributed by atoms with van der Waals surface area (Å²) in [5.41, 5.74) is 4.90. The number of carbonyl (C=O) groups excluding carboxylic acids is 1. The average Bonchev–Trinajstić information content (AvgIpc) is 3.14. The smallest absolute Gasteiger partial charge is 0.335 e. The van der Waals surface area contributed by atoms with Gasteiger partial charge in [0.1, 0.15) is 0 Å². The highest BCUT2D eigenvalue weighted by molar-refractivity contribution is 5.94. The summed E-state index contributed by atoms with van der Waals surface area (Å²) in [5, 5.41) is 12.6. The number of amides is 1. The Kier molecular flexibility index (Phi) is 5.03. The van der Waals surface area contributed by atoms with Crippen molar-refractivity contribution in [1.29, 1.82) is 0 Å². The van der Waals surface area contributed by atoms with E-state index in [2.05, 4.69) is 16.4 Å². The highest BCUT2D eigenvalue weighted by Crippen LogP contribution is 2.40. The SMILES string of the molecule is CC(=O)N1c2ccc(-n3cnc(C)c3)cc2[C@H](Nc2ccc(C(=O)O)cc2)C[C@@H]1C. The van der Waals surface area contributed by atoms with Crippen LogP contribution in [-0.2, 0) is 4.79 Å². The Balaban J connectivity index is 1.73. The van der Waals surface area contributed by atoms with Crippen molar-refractivity contribution in [2.45, 2.75) is 39.3 Å². The molecule has 154 valence electrons. The summed E-state index contributed by atoms with van der Waals surface area (Å²) < 4.78 is 1.96. The quantitative estimate of drug-likeness (QED) is 0.681. The Morgan fingerprint density at radius 1 is 1.17 bits per heavy atom. The molecule has 7 nitrogen and oxygen atoms in total. The zero-order valence-electron chi connectivity index (χ0n) is 17.2. The number of aromatic nitrogens is 2. The van der Waals surface area contributed by atoms with Crippen LogP contribution >= 0.6 is 0 Å². The molecule has 2 atom stereocenters. The molecular formula is C23H24N4O3. The van der Waals surface area contributed by atoms with Gasteiger partial charge in [0.15, 0.2) is 0 Å². The van der Waals surface area contributed by atoms with Crippen LogP contribution in [0.25, 0.3) is 5.69 Å². The van der Waals surface area contributed by atoms with Crippen LogP contribution in [0.3, 0.4) is 0 Å². The zero-order valence-corrected chi connectivity index (χ0v) is 17.2. The number of nitrogens with one attached hydrogen (secondary N) is 1. The van der Waals surface area contributed by atoms with Gasteiger partial charge in [0.05, 0.1) is 23.6 Å². The molecule has 1 amide bonds. The number of fused-ring (bicyclic) bond motifs is 1. The van der Waals surface area contributed by atoms with Crippen molar-refractivity contribution in [3.05, 3.63) is 71.8 Å². The van der Waals surface area contributed by atoms with Crippen molar-refractivity contribution in [3.8, 4) is 5.69 Å². The van der Waals surface area contributed by atoms with E-state index in [1.54, 1.807) is 37.5 Å². The van der Waals surface area contributed by atoms with Crippen LogP contribution in [0.1, 0.15) is 47.9 Å². The van der Waals surface area contributed by atoms with E-state index < -0.39 is 5.97 Å². The molecule has 2 aromatic carbocycles. The van der Waals surface area contributed by atoms with Gasteiger partial charge in [-0.2, -0.15) is 0 Å². The maximum absolute atomic E-state index is 12.3. The van der Waals surface area contributed by atoms with Crippen LogP contribution in [0, 0.1) is 6.92 Å². The van der Waals surface area contributed by atoms with Crippen molar-refractivity contribution < 1.29 is 14.7 Å². The number of benzene rings is 2. The maximum Gasteiger partial charge on any atom is 0.335 e. The number of nitrogens with zero attached hydrogens (tertiary/aromatic N) is 3. The van der Waals surface area contributed by atoms with E-state index >= 15 is 0 Å². The van der Waals surface area contributed by atoms with E-state index in [1.807, 2.05) is 41.6 Å². The van der Waals surface area contributed by atoms with E-state index in [1.165, 1.54) is 0 Å². The van der Waals surface area contributed by atoms with Crippen LogP contribution in [-0.4, -0.2) is 32.6 Å².